The molecule has 2 heteroatoms. The molecule has 0 aliphatic heterocycles. The summed E-state index contributed by atoms with van der Waals surface area (Å²) in [5.74, 6) is 1.03. The van der Waals surface area contributed by atoms with Crippen LogP contribution < -0.4 is 5.32 Å². The van der Waals surface area contributed by atoms with Crippen LogP contribution in [0.4, 0.5) is 5.69 Å². The Bertz CT molecular complexity index is 600. The normalized spacial score (nSPS) is 13.6. The molecule has 1 aliphatic rings. The van der Waals surface area contributed by atoms with E-state index in [0.717, 1.165) is 30.1 Å². The molecule has 1 aliphatic carbocycles. The fourth-order valence-corrected chi connectivity index (χ4v) is 2.88. The van der Waals surface area contributed by atoms with Crippen molar-refractivity contribution in [2.45, 2.75) is 59.8 Å². The molecule has 1 aromatic carbocycles. The number of pyridine rings is 1. The number of nitrogens with one attached hydrogen (secondary N) is 1. The van der Waals surface area contributed by atoms with Gasteiger partial charge in [-0.25, -0.2) is 0 Å². The molecule has 0 saturated heterocycles. The average Bonchev–Trinajstić information content (AvgIpc) is 3.37. The van der Waals surface area contributed by atoms with Crippen molar-refractivity contribution in [2.24, 2.45) is 5.92 Å². The predicted octanol–water partition coefficient (Wildman–Crippen LogP) is 5.73. The van der Waals surface area contributed by atoms with E-state index in [0.29, 0.717) is 0 Å². The lowest BCUT2D eigenvalue weighted by Gasteiger charge is -2.10. The van der Waals surface area contributed by atoms with Gasteiger partial charge in [0.25, 0.3) is 0 Å². The summed E-state index contributed by atoms with van der Waals surface area (Å²) in [5.41, 5.74) is 4.85. The minimum Gasteiger partial charge on any atom is -0.385 e. The van der Waals surface area contributed by atoms with Crippen molar-refractivity contribution in [1.29, 1.82) is 0 Å². The van der Waals surface area contributed by atoms with Gasteiger partial charge >= 0.3 is 0 Å². The van der Waals surface area contributed by atoms with Crippen LogP contribution in [0.2, 0.25) is 0 Å². The fourth-order valence-electron chi connectivity index (χ4n) is 2.88. The fraction of sp³-hybridized carbons (Fsp3) is 0.550. The van der Waals surface area contributed by atoms with Crippen molar-refractivity contribution in [2.75, 3.05) is 11.9 Å². The number of anilines is 1. The molecule has 0 unspecified atom stereocenters. The first-order valence-corrected chi connectivity index (χ1v) is 8.90. The van der Waals surface area contributed by atoms with Gasteiger partial charge < -0.3 is 5.32 Å². The lowest BCUT2D eigenvalue weighted by molar-refractivity contribution is 0.687. The number of benzene rings is 1. The molecule has 1 N–H and O–H groups in total. The van der Waals surface area contributed by atoms with E-state index in [-0.39, 0.29) is 0 Å². The van der Waals surface area contributed by atoms with Crippen LogP contribution in [0.25, 0.3) is 10.9 Å². The van der Waals surface area contributed by atoms with Crippen LogP contribution in [-0.2, 0) is 6.42 Å². The monoisotopic (exact) mass is 298 g/mol. The van der Waals surface area contributed by atoms with E-state index in [2.05, 4.69) is 48.4 Å². The molecule has 22 heavy (non-hydrogen) atoms. The number of aromatic nitrogens is 1. The highest BCUT2D eigenvalue weighted by Gasteiger charge is 2.19. The quantitative estimate of drug-likeness (QED) is 0.688. The SMILES string of the molecule is CC.CCc1cc(C)nc2ccc(NCCCC3CC3)cc12. The molecule has 0 radical (unpaired) electrons. The molecule has 0 atom stereocenters. The highest BCUT2D eigenvalue weighted by atomic mass is 14.9. The standard InChI is InChI=1S/C18H24N2.C2H6/c1-3-15-11-13(2)20-18-9-8-16(12-17(15)18)19-10-4-5-14-6-7-14;1-2/h8-9,11-12,14,19H,3-7,10H2,1-2H3;1-2H3. The van der Waals surface area contributed by atoms with E-state index in [1.165, 1.54) is 42.3 Å². The molecule has 120 valence electrons. The Hall–Kier alpha value is -1.57. The van der Waals surface area contributed by atoms with E-state index in [1.54, 1.807) is 0 Å². The number of hydrogen-bond acceptors (Lipinski definition) is 2. The van der Waals surface area contributed by atoms with Crippen molar-refractivity contribution >= 4 is 16.6 Å². The van der Waals surface area contributed by atoms with Crippen LogP contribution in [0.1, 0.15) is 57.7 Å². The minimum atomic E-state index is 1.03. The molecule has 1 aromatic heterocycles. The Kier molecular flexibility index (Phi) is 6.23. The number of hydrogen-bond donors (Lipinski definition) is 1. The molecular formula is C20H30N2. The first-order valence-electron chi connectivity index (χ1n) is 8.90. The number of aryl methyl sites for hydroxylation is 2. The molecule has 1 heterocycles. The second kappa shape index (κ2) is 8.17. The first kappa shape index (κ1) is 16.8. The molecule has 2 nitrogen and oxygen atoms in total. The third kappa shape index (κ3) is 4.46. The smallest absolute Gasteiger partial charge is 0.0709 e. The number of nitrogens with zero attached hydrogens (tertiary/aromatic N) is 1. The molecular weight excluding hydrogens is 268 g/mol. The number of fused-ring (bicyclic) bond motifs is 1. The van der Waals surface area contributed by atoms with Gasteiger partial charge in [-0.15, -0.1) is 0 Å². The second-order valence-electron chi connectivity index (χ2n) is 6.02. The van der Waals surface area contributed by atoms with E-state index >= 15 is 0 Å². The third-order valence-corrected chi connectivity index (χ3v) is 4.22. The van der Waals surface area contributed by atoms with Gasteiger partial charge in [0.05, 0.1) is 5.52 Å². The maximum atomic E-state index is 4.63. The Balaban J connectivity index is 0.000000847. The first-order chi connectivity index (χ1) is 10.8. The largest absolute Gasteiger partial charge is 0.385 e. The molecule has 2 aromatic rings. The van der Waals surface area contributed by atoms with E-state index in [4.69, 9.17) is 0 Å². The van der Waals surface area contributed by atoms with Gasteiger partial charge in [-0.1, -0.05) is 33.6 Å². The zero-order valence-corrected chi connectivity index (χ0v) is 14.6. The summed E-state index contributed by atoms with van der Waals surface area (Å²) < 4.78 is 0. The minimum absolute atomic E-state index is 1.03. The summed E-state index contributed by atoms with van der Waals surface area (Å²) in [6, 6.07) is 8.77. The molecule has 0 amide bonds. The lowest BCUT2D eigenvalue weighted by atomic mass is 10.0. The third-order valence-electron chi connectivity index (χ3n) is 4.22. The Morgan fingerprint density at radius 2 is 1.95 bits per heavy atom. The van der Waals surface area contributed by atoms with Crippen LogP contribution in [-0.4, -0.2) is 11.5 Å². The summed E-state index contributed by atoms with van der Waals surface area (Å²) >= 11 is 0. The topological polar surface area (TPSA) is 24.9 Å². The molecule has 1 fully saturated rings. The average molecular weight is 298 g/mol. The van der Waals surface area contributed by atoms with E-state index < -0.39 is 0 Å². The van der Waals surface area contributed by atoms with Crippen molar-refractivity contribution < 1.29 is 0 Å². The van der Waals surface area contributed by atoms with E-state index in [1.807, 2.05) is 13.8 Å². The van der Waals surface area contributed by atoms with Crippen molar-refractivity contribution in [3.8, 4) is 0 Å². The Labute approximate surface area is 135 Å². The summed E-state index contributed by atoms with van der Waals surface area (Å²) in [6.45, 7) is 9.37. The van der Waals surface area contributed by atoms with Gasteiger partial charge in [-0.3, -0.25) is 4.98 Å². The van der Waals surface area contributed by atoms with Crippen molar-refractivity contribution in [3.05, 3.63) is 35.5 Å². The highest BCUT2D eigenvalue weighted by Crippen LogP contribution is 2.33. The van der Waals surface area contributed by atoms with Crippen LogP contribution in [0.15, 0.2) is 24.3 Å². The van der Waals surface area contributed by atoms with E-state index in [9.17, 15) is 0 Å². The maximum Gasteiger partial charge on any atom is 0.0709 e. The predicted molar refractivity (Wildman–Crippen MR) is 97.7 cm³/mol. The zero-order chi connectivity index (χ0) is 15.9. The molecule has 0 spiro atoms. The van der Waals surface area contributed by atoms with Gasteiger partial charge in [0.15, 0.2) is 0 Å². The van der Waals surface area contributed by atoms with Crippen LogP contribution in [0, 0.1) is 12.8 Å². The lowest BCUT2D eigenvalue weighted by Crippen LogP contribution is -2.02. The number of rotatable bonds is 6. The molecule has 3 rings (SSSR count). The van der Waals surface area contributed by atoms with Gasteiger partial charge in [0.1, 0.15) is 0 Å². The Morgan fingerprint density at radius 1 is 1.18 bits per heavy atom. The molecule has 0 bridgehead atoms. The van der Waals surface area contributed by atoms with Crippen LogP contribution >= 0.6 is 0 Å². The van der Waals surface area contributed by atoms with Gasteiger partial charge in [-0.05, 0) is 61.9 Å². The molecule has 1 saturated carbocycles. The summed E-state index contributed by atoms with van der Waals surface area (Å²) in [7, 11) is 0. The second-order valence-corrected chi connectivity index (χ2v) is 6.02. The van der Waals surface area contributed by atoms with Crippen molar-refractivity contribution in [1.82, 2.24) is 4.98 Å². The summed E-state index contributed by atoms with van der Waals surface area (Å²) in [5, 5.41) is 4.85. The van der Waals surface area contributed by atoms with Gasteiger partial charge in [0.2, 0.25) is 0 Å². The summed E-state index contributed by atoms with van der Waals surface area (Å²) in [6.07, 6.45) is 6.66. The van der Waals surface area contributed by atoms with Crippen LogP contribution in [0.3, 0.4) is 0 Å². The zero-order valence-electron chi connectivity index (χ0n) is 14.6. The Morgan fingerprint density at radius 3 is 2.64 bits per heavy atom. The summed E-state index contributed by atoms with van der Waals surface area (Å²) in [4.78, 5) is 4.63. The highest BCUT2D eigenvalue weighted by molar-refractivity contribution is 5.85. The maximum absolute atomic E-state index is 4.63. The van der Waals surface area contributed by atoms with Crippen LogP contribution in [0.5, 0.6) is 0 Å². The van der Waals surface area contributed by atoms with Gasteiger partial charge in [0, 0.05) is 23.3 Å². The van der Waals surface area contributed by atoms with Gasteiger partial charge in [-0.2, -0.15) is 0 Å². The van der Waals surface area contributed by atoms with Crippen molar-refractivity contribution in [3.63, 3.8) is 0 Å².